The van der Waals surface area contributed by atoms with E-state index in [0.29, 0.717) is 6.61 Å². The van der Waals surface area contributed by atoms with Crippen LogP contribution in [0.3, 0.4) is 0 Å². The first-order valence-corrected chi connectivity index (χ1v) is 8.22. The van der Waals surface area contributed by atoms with E-state index in [-0.39, 0.29) is 0 Å². The summed E-state index contributed by atoms with van der Waals surface area (Å²) in [5.41, 5.74) is 2.77. The fourth-order valence-corrected chi connectivity index (χ4v) is 3.21. The van der Waals surface area contributed by atoms with Gasteiger partial charge >= 0.3 is 0 Å². The molecular formula is C20H28O. The summed E-state index contributed by atoms with van der Waals surface area (Å²) in [5.74, 6) is 1.62. The maximum atomic E-state index is 5.61. The minimum atomic E-state index is 0.709. The van der Waals surface area contributed by atoms with Crippen molar-refractivity contribution in [1.82, 2.24) is 0 Å². The van der Waals surface area contributed by atoms with Gasteiger partial charge in [-0.15, -0.1) is 13.2 Å². The van der Waals surface area contributed by atoms with E-state index in [1.54, 1.807) is 0 Å². The Bertz CT molecular complexity index is 424. The molecule has 0 amide bonds. The van der Waals surface area contributed by atoms with Gasteiger partial charge in [-0.1, -0.05) is 36.4 Å². The Morgan fingerprint density at radius 1 is 1.00 bits per heavy atom. The summed E-state index contributed by atoms with van der Waals surface area (Å²) in [6.45, 7) is 9.03. The molecule has 1 aromatic carbocycles. The fraction of sp³-hybridized carbons (Fsp3) is 0.500. The van der Waals surface area contributed by atoms with Gasteiger partial charge in [-0.2, -0.15) is 0 Å². The fourth-order valence-electron chi connectivity index (χ4n) is 3.21. The first-order chi connectivity index (χ1) is 10.3. The van der Waals surface area contributed by atoms with Gasteiger partial charge in [0.1, 0.15) is 0 Å². The van der Waals surface area contributed by atoms with Crippen molar-refractivity contribution >= 4 is 0 Å². The summed E-state index contributed by atoms with van der Waals surface area (Å²) in [4.78, 5) is 0. The van der Waals surface area contributed by atoms with Crippen molar-refractivity contribution in [1.29, 1.82) is 0 Å². The average Bonchev–Trinajstić information content (AvgIpc) is 2.53. The highest BCUT2D eigenvalue weighted by atomic mass is 16.5. The van der Waals surface area contributed by atoms with Gasteiger partial charge in [0, 0.05) is 0 Å². The quantitative estimate of drug-likeness (QED) is 0.444. The molecule has 0 aromatic heterocycles. The second kappa shape index (κ2) is 8.84. The van der Waals surface area contributed by atoms with E-state index < -0.39 is 0 Å². The van der Waals surface area contributed by atoms with Crippen LogP contribution in [0.5, 0.6) is 0 Å². The van der Waals surface area contributed by atoms with Crippen LogP contribution in [-0.2, 0) is 11.3 Å². The molecule has 1 aliphatic carbocycles. The van der Waals surface area contributed by atoms with Gasteiger partial charge in [0.15, 0.2) is 0 Å². The lowest BCUT2D eigenvalue weighted by Crippen LogP contribution is -2.12. The predicted octanol–water partition coefficient (Wildman–Crippen LogP) is 5.63. The summed E-state index contributed by atoms with van der Waals surface area (Å²) in [5, 5.41) is 0. The molecule has 1 heteroatoms. The summed E-state index contributed by atoms with van der Waals surface area (Å²) in [6, 6.07) is 9.04. The van der Waals surface area contributed by atoms with Gasteiger partial charge in [0.2, 0.25) is 0 Å². The number of allylic oxidation sites excluding steroid dienone is 1. The number of rotatable bonds is 8. The van der Waals surface area contributed by atoms with Crippen LogP contribution < -0.4 is 0 Å². The van der Waals surface area contributed by atoms with Crippen LogP contribution in [-0.4, -0.2) is 6.61 Å². The molecule has 1 saturated carbocycles. The molecule has 1 aromatic rings. The molecule has 0 atom stereocenters. The zero-order valence-corrected chi connectivity index (χ0v) is 13.1. The Balaban J connectivity index is 1.79. The first kappa shape index (κ1) is 16.0. The Kier molecular flexibility index (Phi) is 6.75. The summed E-state index contributed by atoms with van der Waals surface area (Å²) >= 11 is 0. The molecule has 0 saturated heterocycles. The monoisotopic (exact) mass is 284 g/mol. The Hall–Kier alpha value is -1.34. The molecule has 0 bridgehead atoms. The predicted molar refractivity (Wildman–Crippen MR) is 90.4 cm³/mol. The van der Waals surface area contributed by atoms with Gasteiger partial charge in [-0.25, -0.2) is 0 Å². The molecule has 114 valence electrons. The molecule has 0 heterocycles. The SMILES string of the molecule is C=CCCOCc1ccc(C2CCC(CC=C)CC2)cc1. The molecule has 0 spiro atoms. The third-order valence-corrected chi connectivity index (χ3v) is 4.53. The maximum absolute atomic E-state index is 5.61. The van der Waals surface area contributed by atoms with Crippen molar-refractivity contribution in [2.75, 3.05) is 6.61 Å². The van der Waals surface area contributed by atoms with Crippen LogP contribution in [0.15, 0.2) is 49.6 Å². The smallest absolute Gasteiger partial charge is 0.0717 e. The highest BCUT2D eigenvalue weighted by Crippen LogP contribution is 2.37. The van der Waals surface area contributed by atoms with E-state index in [9.17, 15) is 0 Å². The van der Waals surface area contributed by atoms with E-state index in [2.05, 4.69) is 43.5 Å². The average molecular weight is 284 g/mol. The van der Waals surface area contributed by atoms with Crippen molar-refractivity contribution < 1.29 is 4.74 Å². The highest BCUT2D eigenvalue weighted by Gasteiger charge is 2.21. The normalized spacial score (nSPS) is 21.9. The Labute approximate surface area is 129 Å². The van der Waals surface area contributed by atoms with Gasteiger partial charge in [0.25, 0.3) is 0 Å². The van der Waals surface area contributed by atoms with Crippen LogP contribution in [0.2, 0.25) is 0 Å². The van der Waals surface area contributed by atoms with Crippen LogP contribution in [0.4, 0.5) is 0 Å². The largest absolute Gasteiger partial charge is 0.376 e. The minimum absolute atomic E-state index is 0.709. The zero-order chi connectivity index (χ0) is 14.9. The van der Waals surface area contributed by atoms with E-state index in [4.69, 9.17) is 4.74 Å². The van der Waals surface area contributed by atoms with Gasteiger partial charge < -0.3 is 4.74 Å². The van der Waals surface area contributed by atoms with Gasteiger partial charge in [-0.3, -0.25) is 0 Å². The molecule has 1 nitrogen and oxygen atoms in total. The van der Waals surface area contributed by atoms with Gasteiger partial charge in [0.05, 0.1) is 13.2 Å². The molecule has 1 fully saturated rings. The number of hydrogen-bond acceptors (Lipinski definition) is 1. The number of benzene rings is 1. The van der Waals surface area contributed by atoms with Crippen LogP contribution in [0.1, 0.15) is 55.6 Å². The number of hydrogen-bond donors (Lipinski definition) is 0. The summed E-state index contributed by atoms with van der Waals surface area (Å²) < 4.78 is 5.61. The summed E-state index contributed by atoms with van der Waals surface area (Å²) in [7, 11) is 0. The van der Waals surface area contributed by atoms with Crippen molar-refractivity contribution in [2.45, 2.75) is 51.0 Å². The summed E-state index contributed by atoms with van der Waals surface area (Å²) in [6.07, 6.45) is 11.4. The maximum Gasteiger partial charge on any atom is 0.0717 e. The van der Waals surface area contributed by atoms with Crippen LogP contribution in [0.25, 0.3) is 0 Å². The molecule has 0 aliphatic heterocycles. The van der Waals surface area contributed by atoms with Crippen molar-refractivity contribution in [3.8, 4) is 0 Å². The van der Waals surface area contributed by atoms with Crippen LogP contribution in [0, 0.1) is 5.92 Å². The highest BCUT2D eigenvalue weighted by molar-refractivity contribution is 5.25. The molecule has 0 N–H and O–H groups in total. The lowest BCUT2D eigenvalue weighted by atomic mass is 9.77. The number of ether oxygens (including phenoxy) is 1. The molecule has 2 rings (SSSR count). The van der Waals surface area contributed by atoms with E-state index in [0.717, 1.165) is 24.9 Å². The minimum Gasteiger partial charge on any atom is -0.376 e. The van der Waals surface area contributed by atoms with E-state index >= 15 is 0 Å². The Morgan fingerprint density at radius 3 is 2.33 bits per heavy atom. The molecule has 0 unspecified atom stereocenters. The second-order valence-corrected chi connectivity index (χ2v) is 6.11. The lowest BCUT2D eigenvalue weighted by Gasteiger charge is -2.28. The third-order valence-electron chi connectivity index (χ3n) is 4.53. The zero-order valence-electron chi connectivity index (χ0n) is 13.1. The lowest BCUT2D eigenvalue weighted by molar-refractivity contribution is 0.125. The second-order valence-electron chi connectivity index (χ2n) is 6.11. The van der Waals surface area contributed by atoms with Crippen molar-refractivity contribution in [3.63, 3.8) is 0 Å². The molecular weight excluding hydrogens is 256 g/mol. The van der Waals surface area contributed by atoms with Crippen LogP contribution >= 0.6 is 0 Å². The molecule has 0 radical (unpaired) electrons. The Morgan fingerprint density at radius 2 is 1.71 bits per heavy atom. The van der Waals surface area contributed by atoms with E-state index in [1.165, 1.54) is 43.2 Å². The van der Waals surface area contributed by atoms with Crippen molar-refractivity contribution in [3.05, 3.63) is 60.7 Å². The van der Waals surface area contributed by atoms with E-state index in [1.807, 2.05) is 6.08 Å². The topological polar surface area (TPSA) is 9.23 Å². The van der Waals surface area contributed by atoms with Gasteiger partial charge in [-0.05, 0) is 61.5 Å². The third kappa shape index (κ3) is 5.17. The first-order valence-electron chi connectivity index (χ1n) is 8.22. The molecule has 21 heavy (non-hydrogen) atoms. The molecule has 1 aliphatic rings. The standard InChI is InChI=1S/C20H28O/c1-3-5-15-21-16-18-9-13-20(14-10-18)19-11-7-17(6-4-2)8-12-19/h3-4,9-10,13-14,17,19H,1-2,5-8,11-12,15-16H2. The van der Waals surface area contributed by atoms with Crippen molar-refractivity contribution in [2.24, 2.45) is 5.92 Å².